The molecule has 3 rings (SSSR count). The monoisotopic (exact) mass is 444 g/mol. The smallest absolute Gasteiger partial charge is 0.321 e. The highest BCUT2D eigenvalue weighted by molar-refractivity contribution is 6.30. The molecule has 0 spiro atoms. The molecule has 6 nitrogen and oxygen atoms in total. The Morgan fingerprint density at radius 3 is 2.42 bits per heavy atom. The van der Waals surface area contributed by atoms with Crippen molar-refractivity contribution in [1.82, 2.24) is 4.90 Å². The number of anilines is 1. The van der Waals surface area contributed by atoms with Gasteiger partial charge in [-0.25, -0.2) is 4.79 Å². The summed E-state index contributed by atoms with van der Waals surface area (Å²) in [4.78, 5) is 27.5. The lowest BCUT2D eigenvalue weighted by Crippen LogP contribution is -2.49. The zero-order chi connectivity index (χ0) is 22.4. The van der Waals surface area contributed by atoms with Crippen molar-refractivity contribution >= 4 is 29.3 Å². The van der Waals surface area contributed by atoms with E-state index >= 15 is 0 Å². The van der Waals surface area contributed by atoms with Crippen molar-refractivity contribution in [1.29, 1.82) is 0 Å². The standard InChI is InChI=1S/C24H29ClN2O4/c1-4-31-22(28)24(16-18-6-8-19(25)9-7-18)11-13-27(14-12-24)23(29)26-20-15-17(2)5-10-21(20)30-3/h5-10,15H,4,11-14,16H2,1-3H3,(H,26,29). The van der Waals surface area contributed by atoms with Crippen molar-refractivity contribution in [2.75, 3.05) is 32.1 Å². The van der Waals surface area contributed by atoms with E-state index in [1.807, 2.05) is 56.3 Å². The topological polar surface area (TPSA) is 67.9 Å². The van der Waals surface area contributed by atoms with E-state index in [4.69, 9.17) is 21.1 Å². The normalized spacial score (nSPS) is 15.3. The Labute approximate surface area is 188 Å². The number of halogens is 1. The van der Waals surface area contributed by atoms with Crippen LogP contribution >= 0.6 is 11.6 Å². The van der Waals surface area contributed by atoms with Gasteiger partial charge in [-0.15, -0.1) is 0 Å². The summed E-state index contributed by atoms with van der Waals surface area (Å²) in [6, 6.07) is 13.0. The first-order valence-corrected chi connectivity index (χ1v) is 10.9. The van der Waals surface area contributed by atoms with Crippen LogP contribution in [-0.4, -0.2) is 43.7 Å². The van der Waals surface area contributed by atoms with E-state index in [2.05, 4.69) is 5.32 Å². The molecule has 7 heteroatoms. The molecule has 0 unspecified atom stereocenters. The number of carbonyl (C=O) groups is 2. The van der Waals surface area contributed by atoms with Crippen LogP contribution in [-0.2, 0) is 16.0 Å². The highest BCUT2D eigenvalue weighted by atomic mass is 35.5. The van der Waals surface area contributed by atoms with Gasteiger partial charge in [-0.05, 0) is 68.5 Å². The number of likely N-dealkylation sites (tertiary alicyclic amines) is 1. The summed E-state index contributed by atoms with van der Waals surface area (Å²) in [5.41, 5.74) is 2.04. The summed E-state index contributed by atoms with van der Waals surface area (Å²) in [7, 11) is 1.58. The summed E-state index contributed by atoms with van der Waals surface area (Å²) >= 11 is 6.00. The van der Waals surface area contributed by atoms with E-state index in [1.165, 1.54) is 0 Å². The maximum atomic E-state index is 12.9. The predicted octanol–water partition coefficient (Wildman–Crippen LogP) is 5.08. The lowest BCUT2D eigenvalue weighted by Gasteiger charge is -2.40. The van der Waals surface area contributed by atoms with Crippen molar-refractivity contribution in [2.24, 2.45) is 5.41 Å². The molecular weight excluding hydrogens is 416 g/mol. The number of hydrogen-bond donors (Lipinski definition) is 1. The highest BCUT2D eigenvalue weighted by Gasteiger charge is 2.43. The van der Waals surface area contributed by atoms with Gasteiger partial charge in [-0.2, -0.15) is 0 Å². The zero-order valence-corrected chi connectivity index (χ0v) is 19.0. The van der Waals surface area contributed by atoms with E-state index < -0.39 is 5.41 Å². The SMILES string of the molecule is CCOC(=O)C1(Cc2ccc(Cl)cc2)CCN(C(=O)Nc2cc(C)ccc2OC)CC1. The molecule has 0 saturated carbocycles. The minimum absolute atomic E-state index is 0.201. The van der Waals surface area contributed by atoms with Crippen LogP contribution in [0.2, 0.25) is 5.02 Å². The van der Waals surface area contributed by atoms with Gasteiger partial charge in [-0.3, -0.25) is 4.79 Å². The number of benzene rings is 2. The number of urea groups is 1. The highest BCUT2D eigenvalue weighted by Crippen LogP contribution is 2.37. The zero-order valence-electron chi connectivity index (χ0n) is 18.2. The molecule has 1 aliphatic rings. The number of piperidine rings is 1. The molecule has 2 amide bonds. The molecule has 0 radical (unpaired) electrons. The van der Waals surface area contributed by atoms with Gasteiger partial charge in [0.2, 0.25) is 0 Å². The second-order valence-corrected chi connectivity index (χ2v) is 8.36. The first-order chi connectivity index (χ1) is 14.9. The van der Waals surface area contributed by atoms with Gasteiger partial charge in [0.05, 0.1) is 24.8 Å². The third-order valence-corrected chi connectivity index (χ3v) is 6.02. The van der Waals surface area contributed by atoms with Crippen LogP contribution in [0.15, 0.2) is 42.5 Å². The summed E-state index contributed by atoms with van der Waals surface area (Å²) < 4.78 is 10.8. The fourth-order valence-corrected chi connectivity index (χ4v) is 4.11. The maximum Gasteiger partial charge on any atom is 0.321 e. The van der Waals surface area contributed by atoms with Crippen LogP contribution in [0.3, 0.4) is 0 Å². The Morgan fingerprint density at radius 2 is 1.81 bits per heavy atom. The molecule has 1 saturated heterocycles. The predicted molar refractivity (Wildman–Crippen MR) is 122 cm³/mol. The number of nitrogens with zero attached hydrogens (tertiary/aromatic N) is 1. The minimum atomic E-state index is -0.651. The van der Waals surface area contributed by atoms with Crippen molar-refractivity contribution in [2.45, 2.75) is 33.1 Å². The van der Waals surface area contributed by atoms with Gasteiger partial charge in [0.1, 0.15) is 5.75 Å². The van der Waals surface area contributed by atoms with E-state index in [9.17, 15) is 9.59 Å². The number of methoxy groups -OCH3 is 1. The van der Waals surface area contributed by atoms with Crippen molar-refractivity contribution in [3.05, 3.63) is 58.6 Å². The van der Waals surface area contributed by atoms with Crippen molar-refractivity contribution in [3.63, 3.8) is 0 Å². The van der Waals surface area contributed by atoms with E-state index in [0.717, 1.165) is 11.1 Å². The van der Waals surface area contributed by atoms with E-state index in [0.29, 0.717) is 55.4 Å². The Bertz CT molecular complexity index is 922. The molecule has 2 aromatic carbocycles. The van der Waals surface area contributed by atoms with Crippen LogP contribution in [0.1, 0.15) is 30.9 Å². The molecule has 0 aliphatic carbocycles. The Hall–Kier alpha value is -2.73. The van der Waals surface area contributed by atoms with E-state index in [-0.39, 0.29) is 12.0 Å². The second-order valence-electron chi connectivity index (χ2n) is 7.92. The number of rotatable bonds is 6. The van der Waals surface area contributed by atoms with Gasteiger partial charge in [0.15, 0.2) is 0 Å². The van der Waals surface area contributed by atoms with Crippen LogP contribution < -0.4 is 10.1 Å². The maximum absolute atomic E-state index is 12.9. The Kier molecular flexibility index (Phi) is 7.44. The van der Waals surface area contributed by atoms with Crippen LogP contribution in [0.25, 0.3) is 0 Å². The lowest BCUT2D eigenvalue weighted by molar-refractivity contribution is -0.158. The van der Waals surface area contributed by atoms with Gasteiger partial charge in [0, 0.05) is 18.1 Å². The summed E-state index contributed by atoms with van der Waals surface area (Å²) in [5, 5.41) is 3.60. The van der Waals surface area contributed by atoms with Crippen LogP contribution in [0.5, 0.6) is 5.75 Å². The molecule has 2 aromatic rings. The van der Waals surface area contributed by atoms with Gasteiger partial charge in [-0.1, -0.05) is 29.8 Å². The minimum Gasteiger partial charge on any atom is -0.495 e. The Balaban J connectivity index is 1.71. The molecule has 0 bridgehead atoms. The summed E-state index contributed by atoms with van der Waals surface area (Å²) in [6.07, 6.45) is 1.63. The molecule has 0 aromatic heterocycles. The van der Waals surface area contributed by atoms with Crippen molar-refractivity contribution < 1.29 is 19.1 Å². The third-order valence-electron chi connectivity index (χ3n) is 5.77. The second kappa shape index (κ2) is 10.1. The number of amides is 2. The van der Waals surface area contributed by atoms with Gasteiger partial charge >= 0.3 is 12.0 Å². The van der Waals surface area contributed by atoms with Gasteiger partial charge < -0.3 is 19.7 Å². The molecule has 1 N–H and O–H groups in total. The lowest BCUT2D eigenvalue weighted by atomic mass is 9.73. The number of carbonyl (C=O) groups excluding carboxylic acids is 2. The average molecular weight is 445 g/mol. The molecule has 0 atom stereocenters. The third kappa shape index (κ3) is 5.50. The number of hydrogen-bond acceptors (Lipinski definition) is 4. The molecular formula is C24H29ClN2O4. The molecule has 1 heterocycles. The summed E-state index contributed by atoms with van der Waals surface area (Å²) in [6.45, 7) is 5.03. The molecule has 1 fully saturated rings. The largest absolute Gasteiger partial charge is 0.495 e. The number of esters is 1. The first-order valence-electron chi connectivity index (χ1n) is 10.5. The van der Waals surface area contributed by atoms with Crippen LogP contribution in [0.4, 0.5) is 10.5 Å². The van der Waals surface area contributed by atoms with E-state index in [1.54, 1.807) is 12.0 Å². The van der Waals surface area contributed by atoms with Crippen LogP contribution in [0, 0.1) is 12.3 Å². The number of ether oxygens (including phenoxy) is 2. The summed E-state index contributed by atoms with van der Waals surface area (Å²) in [5.74, 6) is 0.407. The number of aryl methyl sites for hydroxylation is 1. The quantitative estimate of drug-likeness (QED) is 0.631. The fourth-order valence-electron chi connectivity index (χ4n) is 3.98. The fraction of sp³-hybridized carbons (Fsp3) is 0.417. The average Bonchev–Trinajstić information content (AvgIpc) is 2.76. The Morgan fingerprint density at radius 1 is 1.13 bits per heavy atom. The number of nitrogens with one attached hydrogen (secondary N) is 1. The first kappa shape index (κ1) is 22.9. The molecule has 1 aliphatic heterocycles. The van der Waals surface area contributed by atoms with Crippen molar-refractivity contribution in [3.8, 4) is 5.75 Å². The molecule has 166 valence electrons. The molecule has 31 heavy (non-hydrogen) atoms. The van der Waals surface area contributed by atoms with Gasteiger partial charge in [0.25, 0.3) is 0 Å².